The van der Waals surface area contributed by atoms with Crippen molar-refractivity contribution in [1.29, 1.82) is 0 Å². The Labute approximate surface area is 86.5 Å². The summed E-state index contributed by atoms with van der Waals surface area (Å²) < 4.78 is 0. The zero-order valence-corrected chi connectivity index (χ0v) is 8.05. The van der Waals surface area contributed by atoms with E-state index in [0.717, 1.165) is 5.56 Å². The number of Topliss-reactive ketones (excluding diaryl/α,β-unsaturated/α-hetero) is 1. The maximum Gasteiger partial charge on any atom is 0.175 e. The molecule has 2 rings (SSSR count). The molecule has 0 spiro atoms. The highest BCUT2D eigenvalue weighted by Crippen LogP contribution is 2.04. The summed E-state index contributed by atoms with van der Waals surface area (Å²) in [5, 5.41) is 13.3. The molecule has 1 aromatic heterocycles. The van der Waals surface area contributed by atoms with Gasteiger partial charge in [-0.1, -0.05) is 35.5 Å². The van der Waals surface area contributed by atoms with Gasteiger partial charge in [-0.15, -0.1) is 10.2 Å². The minimum Gasteiger partial charge on any atom is -0.294 e. The Morgan fingerprint density at radius 2 is 2.07 bits per heavy atom. The number of rotatable bonds is 4. The first-order valence-electron chi connectivity index (χ1n) is 4.67. The van der Waals surface area contributed by atoms with E-state index in [9.17, 15) is 4.79 Å². The summed E-state index contributed by atoms with van der Waals surface area (Å²) in [7, 11) is 0. The highest BCUT2D eigenvalue weighted by atomic mass is 16.1. The van der Waals surface area contributed by atoms with Gasteiger partial charge in [0.05, 0.1) is 0 Å². The first kappa shape index (κ1) is 9.51. The maximum atomic E-state index is 11.7. The Bertz CT molecular complexity index is 424. The Morgan fingerprint density at radius 3 is 2.73 bits per heavy atom. The van der Waals surface area contributed by atoms with E-state index in [2.05, 4.69) is 20.6 Å². The predicted molar refractivity (Wildman–Crippen MR) is 53.3 cm³/mol. The van der Waals surface area contributed by atoms with E-state index in [-0.39, 0.29) is 5.78 Å². The molecule has 0 saturated carbocycles. The van der Waals surface area contributed by atoms with Gasteiger partial charge in [-0.25, -0.2) is 0 Å². The lowest BCUT2D eigenvalue weighted by atomic mass is 10.1. The van der Waals surface area contributed by atoms with Crippen LogP contribution >= 0.6 is 0 Å². The summed E-state index contributed by atoms with van der Waals surface area (Å²) in [5.41, 5.74) is 0.723. The SMILES string of the molecule is O=C(CCc1nn[nH]n1)c1ccccc1. The second-order valence-corrected chi connectivity index (χ2v) is 3.12. The van der Waals surface area contributed by atoms with E-state index in [1.54, 1.807) is 12.1 Å². The van der Waals surface area contributed by atoms with Crippen molar-refractivity contribution in [1.82, 2.24) is 20.6 Å². The number of tetrazole rings is 1. The number of nitrogens with zero attached hydrogens (tertiary/aromatic N) is 3. The van der Waals surface area contributed by atoms with Crippen molar-refractivity contribution in [3.63, 3.8) is 0 Å². The van der Waals surface area contributed by atoms with Gasteiger partial charge in [0.2, 0.25) is 0 Å². The van der Waals surface area contributed by atoms with Crippen molar-refractivity contribution in [3.05, 3.63) is 41.7 Å². The summed E-state index contributed by atoms with van der Waals surface area (Å²) in [6.45, 7) is 0. The summed E-state index contributed by atoms with van der Waals surface area (Å²) >= 11 is 0. The van der Waals surface area contributed by atoms with E-state index < -0.39 is 0 Å². The van der Waals surface area contributed by atoms with Crippen molar-refractivity contribution in [2.75, 3.05) is 0 Å². The number of benzene rings is 1. The van der Waals surface area contributed by atoms with E-state index in [1.165, 1.54) is 0 Å². The molecule has 15 heavy (non-hydrogen) atoms. The van der Waals surface area contributed by atoms with Gasteiger partial charge < -0.3 is 0 Å². The highest BCUT2D eigenvalue weighted by Gasteiger charge is 2.06. The van der Waals surface area contributed by atoms with Crippen LogP contribution in [-0.2, 0) is 6.42 Å². The molecule has 1 aromatic carbocycles. The summed E-state index contributed by atoms with van der Waals surface area (Å²) in [6.07, 6.45) is 0.924. The molecular formula is C10H10N4O. The molecule has 0 bridgehead atoms. The molecule has 2 aromatic rings. The van der Waals surface area contributed by atoms with E-state index in [1.807, 2.05) is 18.2 Å². The van der Waals surface area contributed by atoms with Crippen molar-refractivity contribution >= 4 is 5.78 Å². The average Bonchev–Trinajstić information content (AvgIpc) is 2.80. The van der Waals surface area contributed by atoms with Gasteiger partial charge in [0, 0.05) is 18.4 Å². The Kier molecular flexibility index (Phi) is 2.82. The van der Waals surface area contributed by atoms with Crippen LogP contribution in [0.4, 0.5) is 0 Å². The molecule has 0 aliphatic carbocycles. The van der Waals surface area contributed by atoms with Gasteiger partial charge in [-0.05, 0) is 0 Å². The molecule has 0 radical (unpaired) electrons. The Balaban J connectivity index is 1.94. The van der Waals surface area contributed by atoms with Crippen LogP contribution in [-0.4, -0.2) is 26.4 Å². The number of hydrogen-bond acceptors (Lipinski definition) is 4. The van der Waals surface area contributed by atoms with Crippen molar-refractivity contribution < 1.29 is 4.79 Å². The summed E-state index contributed by atoms with van der Waals surface area (Å²) in [4.78, 5) is 11.7. The van der Waals surface area contributed by atoms with Crippen LogP contribution in [0.3, 0.4) is 0 Å². The maximum absolute atomic E-state index is 11.7. The lowest BCUT2D eigenvalue weighted by Crippen LogP contribution is -2.01. The van der Waals surface area contributed by atoms with Crippen molar-refractivity contribution in [2.24, 2.45) is 0 Å². The molecule has 0 atom stereocenters. The number of carbonyl (C=O) groups is 1. The lowest BCUT2D eigenvalue weighted by molar-refractivity contribution is 0.0982. The number of hydrogen-bond donors (Lipinski definition) is 1. The summed E-state index contributed by atoms with van der Waals surface area (Å²) in [6, 6.07) is 9.19. The fraction of sp³-hybridized carbons (Fsp3) is 0.200. The number of aromatic nitrogens is 4. The summed E-state index contributed by atoms with van der Waals surface area (Å²) in [5.74, 6) is 0.666. The third kappa shape index (κ3) is 2.46. The zero-order valence-electron chi connectivity index (χ0n) is 8.05. The molecule has 0 aliphatic rings. The Morgan fingerprint density at radius 1 is 1.27 bits per heavy atom. The van der Waals surface area contributed by atoms with Crippen LogP contribution in [0.2, 0.25) is 0 Å². The second kappa shape index (κ2) is 4.45. The standard InChI is InChI=1S/C10H10N4O/c15-9(8-4-2-1-3-5-8)6-7-10-11-13-14-12-10/h1-5H,6-7H2,(H,11,12,13,14). The quantitative estimate of drug-likeness (QED) is 0.751. The number of H-pyrrole nitrogens is 1. The molecule has 76 valence electrons. The van der Waals surface area contributed by atoms with Gasteiger partial charge in [0.15, 0.2) is 11.6 Å². The van der Waals surface area contributed by atoms with Crippen LogP contribution in [0.15, 0.2) is 30.3 Å². The fourth-order valence-electron chi connectivity index (χ4n) is 1.28. The monoisotopic (exact) mass is 202 g/mol. The fourth-order valence-corrected chi connectivity index (χ4v) is 1.28. The first-order chi connectivity index (χ1) is 7.36. The van der Waals surface area contributed by atoms with Gasteiger partial charge >= 0.3 is 0 Å². The Hall–Kier alpha value is -2.04. The highest BCUT2D eigenvalue weighted by molar-refractivity contribution is 5.96. The molecule has 0 aliphatic heterocycles. The second-order valence-electron chi connectivity index (χ2n) is 3.12. The number of aromatic amines is 1. The number of ketones is 1. The molecule has 0 unspecified atom stereocenters. The minimum atomic E-state index is 0.0976. The predicted octanol–water partition coefficient (Wildman–Crippen LogP) is 1.02. The van der Waals surface area contributed by atoms with Crippen LogP contribution in [0.25, 0.3) is 0 Å². The van der Waals surface area contributed by atoms with Crippen LogP contribution in [0, 0.1) is 0 Å². The van der Waals surface area contributed by atoms with Gasteiger partial charge in [-0.3, -0.25) is 4.79 Å². The number of carbonyl (C=O) groups excluding carboxylic acids is 1. The molecule has 5 heteroatoms. The van der Waals surface area contributed by atoms with Gasteiger partial charge in [-0.2, -0.15) is 5.21 Å². The zero-order chi connectivity index (χ0) is 10.5. The van der Waals surface area contributed by atoms with Crippen LogP contribution in [0.1, 0.15) is 22.6 Å². The van der Waals surface area contributed by atoms with Crippen LogP contribution < -0.4 is 0 Å². The average molecular weight is 202 g/mol. The third-order valence-electron chi connectivity index (χ3n) is 2.06. The molecule has 0 amide bonds. The normalized spacial score (nSPS) is 10.1. The number of nitrogens with one attached hydrogen (secondary N) is 1. The van der Waals surface area contributed by atoms with E-state index in [4.69, 9.17) is 0 Å². The molecule has 5 nitrogen and oxygen atoms in total. The molecule has 0 fully saturated rings. The molecular weight excluding hydrogens is 192 g/mol. The van der Waals surface area contributed by atoms with Gasteiger partial charge in [0.1, 0.15) is 0 Å². The lowest BCUT2D eigenvalue weighted by Gasteiger charge is -1.97. The molecule has 1 N–H and O–H groups in total. The number of aryl methyl sites for hydroxylation is 1. The topological polar surface area (TPSA) is 71.5 Å². The van der Waals surface area contributed by atoms with Crippen molar-refractivity contribution in [3.8, 4) is 0 Å². The largest absolute Gasteiger partial charge is 0.294 e. The van der Waals surface area contributed by atoms with E-state index >= 15 is 0 Å². The van der Waals surface area contributed by atoms with Crippen LogP contribution in [0.5, 0.6) is 0 Å². The van der Waals surface area contributed by atoms with Crippen molar-refractivity contribution in [2.45, 2.75) is 12.8 Å². The minimum absolute atomic E-state index is 0.0976. The van der Waals surface area contributed by atoms with E-state index in [0.29, 0.717) is 18.7 Å². The first-order valence-corrected chi connectivity index (χ1v) is 4.67. The third-order valence-corrected chi connectivity index (χ3v) is 2.06. The van der Waals surface area contributed by atoms with Gasteiger partial charge in [0.25, 0.3) is 0 Å². The smallest absolute Gasteiger partial charge is 0.175 e. The molecule has 0 saturated heterocycles. The molecule has 1 heterocycles.